The van der Waals surface area contributed by atoms with Crippen molar-refractivity contribution in [3.8, 4) is 0 Å². The van der Waals surface area contributed by atoms with Crippen molar-refractivity contribution >= 4 is 21.9 Å². The minimum absolute atomic E-state index is 0.153. The fourth-order valence-electron chi connectivity index (χ4n) is 2.08. The Morgan fingerprint density at radius 2 is 2.43 bits per heavy atom. The molecule has 0 spiro atoms. The lowest BCUT2D eigenvalue weighted by Crippen LogP contribution is -2.16. The molecule has 78 valence electrons. The molecule has 1 aliphatic heterocycles. The Kier molecular flexibility index (Phi) is 2.43. The van der Waals surface area contributed by atoms with Crippen LogP contribution in [0.15, 0.2) is 12.2 Å². The maximum absolute atomic E-state index is 11.1. The number of piperidine rings is 1. The molecule has 0 bridgehead atoms. The Morgan fingerprint density at radius 1 is 1.64 bits per heavy atom. The molecule has 1 saturated heterocycles. The smallest absolute Gasteiger partial charge is 0.330 e. The van der Waals surface area contributed by atoms with Crippen LogP contribution >= 0.6 is 15.9 Å². The summed E-state index contributed by atoms with van der Waals surface area (Å²) in [6.07, 6.45) is 4.65. The van der Waals surface area contributed by atoms with Crippen molar-refractivity contribution in [1.29, 1.82) is 0 Å². The normalized spacial score (nSPS) is 39.9. The minimum atomic E-state index is -0.240. The maximum Gasteiger partial charge on any atom is 0.330 e. The predicted molar refractivity (Wildman–Crippen MR) is 57.4 cm³/mol. The minimum Gasteiger partial charge on any atom is -0.463 e. The van der Waals surface area contributed by atoms with Gasteiger partial charge in [-0.15, -0.1) is 0 Å². The Morgan fingerprint density at radius 3 is 2.93 bits per heavy atom. The van der Waals surface area contributed by atoms with E-state index in [1.54, 1.807) is 6.08 Å². The number of carbonyl (C=O) groups excluding carboxylic acids is 1. The lowest BCUT2D eigenvalue weighted by Gasteiger charge is -2.05. The summed E-state index contributed by atoms with van der Waals surface area (Å²) in [4.78, 5) is 11.1. The van der Waals surface area contributed by atoms with Gasteiger partial charge in [-0.05, 0) is 13.3 Å². The van der Waals surface area contributed by atoms with E-state index < -0.39 is 0 Å². The summed E-state index contributed by atoms with van der Waals surface area (Å²) in [7, 11) is 0. The molecule has 0 amide bonds. The molecular weight excluding hydrogens is 246 g/mol. The van der Waals surface area contributed by atoms with Crippen LogP contribution in [0.1, 0.15) is 13.3 Å². The molecule has 1 aliphatic carbocycles. The van der Waals surface area contributed by atoms with Crippen LogP contribution in [0.3, 0.4) is 0 Å². The molecule has 14 heavy (non-hydrogen) atoms. The second-order valence-corrected chi connectivity index (χ2v) is 5.51. The highest BCUT2D eigenvalue weighted by atomic mass is 79.9. The zero-order chi connectivity index (χ0) is 10.2. The van der Waals surface area contributed by atoms with Crippen molar-refractivity contribution in [1.82, 2.24) is 5.32 Å². The number of nitrogens with one attached hydrogen (secondary N) is 1. The molecule has 1 saturated carbocycles. The number of halogens is 1. The Bertz CT molecular complexity index is 288. The van der Waals surface area contributed by atoms with Crippen molar-refractivity contribution in [2.75, 3.05) is 19.7 Å². The first-order chi connectivity index (χ1) is 6.62. The van der Waals surface area contributed by atoms with Crippen LogP contribution in [0.5, 0.6) is 0 Å². The molecule has 2 aliphatic rings. The molecular formula is C10H14BrNO2. The summed E-state index contributed by atoms with van der Waals surface area (Å²) in [5, 5.41) is 3.31. The summed E-state index contributed by atoms with van der Waals surface area (Å²) >= 11 is 3.70. The summed E-state index contributed by atoms with van der Waals surface area (Å²) in [5.74, 6) is -0.240. The maximum atomic E-state index is 11.1. The summed E-state index contributed by atoms with van der Waals surface area (Å²) in [6.45, 7) is 4.19. The van der Waals surface area contributed by atoms with E-state index >= 15 is 0 Å². The van der Waals surface area contributed by atoms with Crippen LogP contribution in [0.25, 0.3) is 0 Å². The number of alkyl halides is 1. The van der Waals surface area contributed by atoms with Gasteiger partial charge in [0.15, 0.2) is 0 Å². The van der Waals surface area contributed by atoms with Gasteiger partial charge in [0.05, 0.1) is 6.61 Å². The highest BCUT2D eigenvalue weighted by Gasteiger charge is 2.67. The molecule has 0 aromatic rings. The lowest BCUT2D eigenvalue weighted by molar-refractivity contribution is -0.137. The van der Waals surface area contributed by atoms with Gasteiger partial charge in [0, 0.05) is 28.9 Å². The van der Waals surface area contributed by atoms with E-state index in [9.17, 15) is 4.79 Å². The molecule has 2 unspecified atom stereocenters. The van der Waals surface area contributed by atoms with Crippen LogP contribution in [0.2, 0.25) is 0 Å². The molecule has 3 nitrogen and oxygen atoms in total. The van der Waals surface area contributed by atoms with Gasteiger partial charge >= 0.3 is 5.97 Å². The monoisotopic (exact) mass is 259 g/mol. The molecule has 0 aromatic carbocycles. The first-order valence-electron chi connectivity index (χ1n) is 4.88. The summed E-state index contributed by atoms with van der Waals surface area (Å²) < 4.78 is 5.03. The van der Waals surface area contributed by atoms with Gasteiger partial charge < -0.3 is 10.1 Å². The van der Waals surface area contributed by atoms with Crippen LogP contribution < -0.4 is 5.32 Å². The average molecular weight is 260 g/mol. The van der Waals surface area contributed by atoms with Gasteiger partial charge in [-0.1, -0.05) is 22.0 Å². The van der Waals surface area contributed by atoms with E-state index in [2.05, 4.69) is 21.2 Å². The first kappa shape index (κ1) is 10.2. The van der Waals surface area contributed by atoms with Crippen LogP contribution in [-0.2, 0) is 9.53 Å². The van der Waals surface area contributed by atoms with Crippen molar-refractivity contribution in [2.45, 2.75) is 17.7 Å². The third-order valence-corrected chi connectivity index (χ3v) is 4.38. The van der Waals surface area contributed by atoms with Crippen LogP contribution in [0.4, 0.5) is 0 Å². The Balaban J connectivity index is 1.95. The summed E-state index contributed by atoms with van der Waals surface area (Å²) in [5.41, 5.74) is 0.153. The highest BCUT2D eigenvalue weighted by molar-refractivity contribution is 9.10. The number of carbonyl (C=O) groups is 1. The zero-order valence-corrected chi connectivity index (χ0v) is 9.76. The van der Waals surface area contributed by atoms with E-state index in [1.165, 1.54) is 0 Å². The molecule has 1 heterocycles. The van der Waals surface area contributed by atoms with Gasteiger partial charge in [-0.3, -0.25) is 0 Å². The average Bonchev–Trinajstić information content (AvgIpc) is 2.58. The van der Waals surface area contributed by atoms with Crippen LogP contribution in [-0.4, -0.2) is 30.0 Å². The second kappa shape index (κ2) is 3.35. The first-order valence-corrected chi connectivity index (χ1v) is 5.67. The van der Waals surface area contributed by atoms with E-state index in [1.807, 2.05) is 13.0 Å². The third-order valence-electron chi connectivity index (χ3n) is 3.03. The van der Waals surface area contributed by atoms with Gasteiger partial charge in [0.25, 0.3) is 0 Å². The fraction of sp³-hybridized carbons (Fsp3) is 0.700. The predicted octanol–water partition coefficient (Wildman–Crippen LogP) is 1.23. The van der Waals surface area contributed by atoms with Crippen molar-refractivity contribution in [2.24, 2.45) is 5.41 Å². The number of fused-ring (bicyclic) bond motifs is 1. The van der Waals surface area contributed by atoms with E-state index in [0.29, 0.717) is 6.61 Å². The number of ether oxygens (including phenoxy) is 1. The zero-order valence-electron chi connectivity index (χ0n) is 8.18. The molecule has 2 fully saturated rings. The SMILES string of the molecule is CCOC(=O)/C=C/C12CNCC1(Br)C2. The quantitative estimate of drug-likeness (QED) is 0.471. The van der Waals surface area contributed by atoms with E-state index in [4.69, 9.17) is 4.74 Å². The number of rotatable bonds is 3. The van der Waals surface area contributed by atoms with Gasteiger partial charge in [0.2, 0.25) is 0 Å². The van der Waals surface area contributed by atoms with E-state index in [0.717, 1.165) is 19.5 Å². The highest BCUT2D eigenvalue weighted by Crippen LogP contribution is 2.65. The molecule has 2 atom stereocenters. The number of esters is 1. The van der Waals surface area contributed by atoms with Gasteiger partial charge in [-0.25, -0.2) is 4.79 Å². The fourth-order valence-corrected chi connectivity index (χ4v) is 3.05. The number of hydrogen-bond acceptors (Lipinski definition) is 3. The summed E-state index contributed by atoms with van der Waals surface area (Å²) in [6, 6.07) is 0. The molecule has 4 heteroatoms. The molecule has 0 radical (unpaired) electrons. The Labute approximate surface area is 92.0 Å². The lowest BCUT2D eigenvalue weighted by atomic mass is 10.1. The molecule has 2 rings (SSSR count). The standard InChI is InChI=1S/C10H14BrNO2/c1-2-14-8(13)3-4-9-5-10(9,11)7-12-6-9/h3-4,12H,2,5-7H2,1H3/b4-3+. The number of hydrogen-bond donors (Lipinski definition) is 1. The van der Waals surface area contributed by atoms with E-state index in [-0.39, 0.29) is 15.7 Å². The largest absolute Gasteiger partial charge is 0.463 e. The van der Waals surface area contributed by atoms with Crippen LogP contribution in [0, 0.1) is 5.41 Å². The third kappa shape index (κ3) is 1.50. The van der Waals surface area contributed by atoms with Crippen molar-refractivity contribution < 1.29 is 9.53 Å². The topological polar surface area (TPSA) is 38.3 Å². The van der Waals surface area contributed by atoms with Crippen molar-refractivity contribution in [3.05, 3.63) is 12.2 Å². The van der Waals surface area contributed by atoms with Crippen molar-refractivity contribution in [3.63, 3.8) is 0 Å². The molecule has 1 N–H and O–H groups in total. The Hall–Kier alpha value is -0.350. The molecule has 0 aromatic heterocycles. The second-order valence-electron chi connectivity index (χ2n) is 3.99. The van der Waals surface area contributed by atoms with Gasteiger partial charge in [-0.2, -0.15) is 0 Å². The van der Waals surface area contributed by atoms with Gasteiger partial charge in [0.1, 0.15) is 0 Å².